The van der Waals surface area contributed by atoms with E-state index in [2.05, 4.69) is 16.8 Å². The van der Waals surface area contributed by atoms with Gasteiger partial charge < -0.3 is 20.3 Å². The van der Waals surface area contributed by atoms with Crippen molar-refractivity contribution in [1.82, 2.24) is 9.80 Å². The summed E-state index contributed by atoms with van der Waals surface area (Å²) in [5.41, 5.74) is 6.75. The fourth-order valence-corrected chi connectivity index (χ4v) is 2.56. The van der Waals surface area contributed by atoms with Crippen molar-refractivity contribution in [2.75, 3.05) is 46.4 Å². The Bertz CT molecular complexity index is 397. The van der Waals surface area contributed by atoms with Crippen LogP contribution in [-0.4, -0.2) is 56.2 Å². The molecule has 1 aliphatic rings. The highest BCUT2D eigenvalue weighted by molar-refractivity contribution is 5.28. The molecule has 1 saturated heterocycles. The lowest BCUT2D eigenvalue weighted by atomic mass is 10.2. The minimum absolute atomic E-state index is 0.568. The number of rotatable bonds is 6. The zero-order valence-corrected chi connectivity index (χ0v) is 12.6. The fraction of sp³-hybridized carbons (Fsp3) is 0.625. The Kier molecular flexibility index (Phi) is 6.30. The Morgan fingerprint density at radius 1 is 1.20 bits per heavy atom. The van der Waals surface area contributed by atoms with E-state index >= 15 is 0 Å². The zero-order valence-electron chi connectivity index (χ0n) is 12.6. The summed E-state index contributed by atoms with van der Waals surface area (Å²) in [7, 11) is 2.21. The van der Waals surface area contributed by atoms with Crippen molar-refractivity contribution in [3.8, 4) is 5.75 Å². The van der Waals surface area contributed by atoms with Gasteiger partial charge in [-0.25, -0.2) is 0 Å². The molecule has 112 valence electrons. The van der Waals surface area contributed by atoms with Gasteiger partial charge in [0, 0.05) is 26.2 Å². The molecular formula is C16H27N3O. The maximum absolute atomic E-state index is 5.80. The summed E-state index contributed by atoms with van der Waals surface area (Å²) in [5, 5.41) is 0. The summed E-state index contributed by atoms with van der Waals surface area (Å²) in [4.78, 5) is 4.96. The van der Waals surface area contributed by atoms with E-state index in [1.54, 1.807) is 0 Å². The van der Waals surface area contributed by atoms with E-state index in [-0.39, 0.29) is 0 Å². The summed E-state index contributed by atoms with van der Waals surface area (Å²) in [6.45, 7) is 7.27. The first-order valence-electron chi connectivity index (χ1n) is 7.60. The third-order valence-electron chi connectivity index (χ3n) is 3.83. The van der Waals surface area contributed by atoms with Crippen LogP contribution >= 0.6 is 0 Å². The molecule has 1 aliphatic heterocycles. The maximum Gasteiger partial charge on any atom is 0.119 e. The number of nitrogens with zero attached hydrogens (tertiary/aromatic N) is 2. The van der Waals surface area contributed by atoms with Crippen LogP contribution < -0.4 is 10.5 Å². The second-order valence-electron chi connectivity index (χ2n) is 5.55. The Balaban J connectivity index is 1.65. The van der Waals surface area contributed by atoms with Crippen molar-refractivity contribution in [1.29, 1.82) is 0 Å². The van der Waals surface area contributed by atoms with Crippen molar-refractivity contribution in [3.63, 3.8) is 0 Å². The molecule has 1 aromatic carbocycles. The maximum atomic E-state index is 5.80. The third kappa shape index (κ3) is 5.12. The van der Waals surface area contributed by atoms with Gasteiger partial charge in [0.25, 0.3) is 0 Å². The van der Waals surface area contributed by atoms with Crippen molar-refractivity contribution in [3.05, 3.63) is 29.8 Å². The van der Waals surface area contributed by atoms with Gasteiger partial charge in [0.2, 0.25) is 0 Å². The van der Waals surface area contributed by atoms with Crippen LogP contribution in [0.5, 0.6) is 5.75 Å². The van der Waals surface area contributed by atoms with Crippen LogP contribution in [0, 0.1) is 0 Å². The molecule has 20 heavy (non-hydrogen) atoms. The standard InChI is InChI=1S/C16H27N3O/c1-18-7-3-8-19(11-10-18)9-4-12-20-16-6-2-5-15(13-16)14-17/h2,5-6,13H,3-4,7-12,14,17H2,1H3. The molecule has 0 amide bonds. The summed E-state index contributed by atoms with van der Waals surface area (Å²) in [5.74, 6) is 0.934. The van der Waals surface area contributed by atoms with Crippen molar-refractivity contribution in [2.45, 2.75) is 19.4 Å². The summed E-state index contributed by atoms with van der Waals surface area (Å²) in [6.07, 6.45) is 2.35. The summed E-state index contributed by atoms with van der Waals surface area (Å²) < 4.78 is 5.80. The largest absolute Gasteiger partial charge is 0.494 e. The fourth-order valence-electron chi connectivity index (χ4n) is 2.56. The highest BCUT2D eigenvalue weighted by atomic mass is 16.5. The molecule has 4 heteroatoms. The number of hydrogen-bond donors (Lipinski definition) is 1. The molecule has 1 fully saturated rings. The first-order valence-corrected chi connectivity index (χ1v) is 7.60. The van der Waals surface area contributed by atoms with E-state index < -0.39 is 0 Å². The number of benzene rings is 1. The molecule has 2 N–H and O–H groups in total. The lowest BCUT2D eigenvalue weighted by molar-refractivity contribution is 0.237. The molecule has 1 aromatic rings. The highest BCUT2D eigenvalue weighted by Gasteiger charge is 2.11. The molecule has 0 aliphatic carbocycles. The molecule has 0 saturated carbocycles. The molecule has 0 spiro atoms. The molecule has 0 aromatic heterocycles. The summed E-state index contributed by atoms with van der Waals surface area (Å²) >= 11 is 0. The van der Waals surface area contributed by atoms with E-state index in [1.165, 1.54) is 32.6 Å². The number of ether oxygens (including phenoxy) is 1. The van der Waals surface area contributed by atoms with Gasteiger partial charge in [0.1, 0.15) is 5.75 Å². The predicted octanol–water partition coefficient (Wildman–Crippen LogP) is 1.55. The quantitative estimate of drug-likeness (QED) is 0.801. The first kappa shape index (κ1) is 15.3. The third-order valence-corrected chi connectivity index (χ3v) is 3.83. The van der Waals surface area contributed by atoms with Gasteiger partial charge in [-0.15, -0.1) is 0 Å². The van der Waals surface area contributed by atoms with Crippen LogP contribution in [0.25, 0.3) is 0 Å². The van der Waals surface area contributed by atoms with Gasteiger partial charge in [-0.05, 0) is 50.7 Å². The van der Waals surface area contributed by atoms with Crippen LogP contribution in [0.4, 0.5) is 0 Å². The zero-order chi connectivity index (χ0) is 14.2. The second kappa shape index (κ2) is 8.25. The minimum Gasteiger partial charge on any atom is -0.494 e. The first-order chi connectivity index (χ1) is 9.78. The van der Waals surface area contributed by atoms with E-state index in [9.17, 15) is 0 Å². The van der Waals surface area contributed by atoms with Crippen molar-refractivity contribution >= 4 is 0 Å². The van der Waals surface area contributed by atoms with Crippen LogP contribution in [0.2, 0.25) is 0 Å². The van der Waals surface area contributed by atoms with E-state index in [0.717, 1.165) is 30.9 Å². The van der Waals surface area contributed by atoms with Gasteiger partial charge in [-0.1, -0.05) is 12.1 Å². The van der Waals surface area contributed by atoms with E-state index in [0.29, 0.717) is 6.54 Å². The highest BCUT2D eigenvalue weighted by Crippen LogP contribution is 2.13. The van der Waals surface area contributed by atoms with Gasteiger partial charge in [0.05, 0.1) is 6.61 Å². The van der Waals surface area contributed by atoms with Gasteiger partial charge >= 0.3 is 0 Å². The normalized spacial score (nSPS) is 17.9. The molecule has 0 radical (unpaired) electrons. The monoisotopic (exact) mass is 277 g/mol. The van der Waals surface area contributed by atoms with Crippen molar-refractivity contribution < 1.29 is 4.74 Å². The Morgan fingerprint density at radius 3 is 2.95 bits per heavy atom. The lowest BCUT2D eigenvalue weighted by Crippen LogP contribution is -2.30. The molecular weight excluding hydrogens is 250 g/mol. The van der Waals surface area contributed by atoms with Gasteiger partial charge in [-0.2, -0.15) is 0 Å². The molecule has 0 unspecified atom stereocenters. The van der Waals surface area contributed by atoms with Gasteiger partial charge in [-0.3, -0.25) is 0 Å². The van der Waals surface area contributed by atoms with Crippen LogP contribution in [-0.2, 0) is 6.54 Å². The molecule has 4 nitrogen and oxygen atoms in total. The van der Waals surface area contributed by atoms with Crippen molar-refractivity contribution in [2.24, 2.45) is 5.73 Å². The topological polar surface area (TPSA) is 41.7 Å². The predicted molar refractivity (Wildman–Crippen MR) is 83.0 cm³/mol. The van der Waals surface area contributed by atoms with E-state index in [4.69, 9.17) is 10.5 Å². The Morgan fingerprint density at radius 2 is 2.10 bits per heavy atom. The SMILES string of the molecule is CN1CCCN(CCCOc2cccc(CN)c2)CC1. The van der Waals surface area contributed by atoms with Crippen LogP contribution in [0.3, 0.4) is 0 Å². The number of hydrogen-bond acceptors (Lipinski definition) is 4. The van der Waals surface area contributed by atoms with Gasteiger partial charge in [0.15, 0.2) is 0 Å². The lowest BCUT2D eigenvalue weighted by Gasteiger charge is -2.19. The second-order valence-corrected chi connectivity index (χ2v) is 5.55. The Hall–Kier alpha value is -1.10. The molecule has 0 bridgehead atoms. The average molecular weight is 277 g/mol. The number of nitrogens with two attached hydrogens (primary N) is 1. The average Bonchev–Trinajstić information content (AvgIpc) is 2.68. The smallest absolute Gasteiger partial charge is 0.119 e. The molecule has 1 heterocycles. The van der Waals surface area contributed by atoms with Crippen LogP contribution in [0.1, 0.15) is 18.4 Å². The van der Waals surface area contributed by atoms with Crippen LogP contribution in [0.15, 0.2) is 24.3 Å². The summed E-state index contributed by atoms with van der Waals surface area (Å²) in [6, 6.07) is 8.06. The van der Waals surface area contributed by atoms with E-state index in [1.807, 2.05) is 24.3 Å². The molecule has 0 atom stereocenters. The molecule has 2 rings (SSSR count). The minimum atomic E-state index is 0.568. The Labute approximate surface area is 122 Å². The number of likely N-dealkylation sites (N-methyl/N-ethyl adjacent to an activating group) is 1.